The Kier molecular flexibility index (Phi) is 3.84. The zero-order valence-electron chi connectivity index (χ0n) is 9.71. The van der Waals surface area contributed by atoms with Gasteiger partial charge in [-0.05, 0) is 30.4 Å². The second-order valence-corrected chi connectivity index (χ2v) is 4.40. The monoisotopic (exact) mass is 202 g/mol. The summed E-state index contributed by atoms with van der Waals surface area (Å²) in [7, 11) is 0. The Bertz CT molecular complexity index is 357. The lowest BCUT2D eigenvalue weighted by Gasteiger charge is -2.05. The first-order valence-corrected chi connectivity index (χ1v) is 5.30. The summed E-state index contributed by atoms with van der Waals surface area (Å²) in [6.45, 7) is 9.77. The first-order chi connectivity index (χ1) is 7.00. The van der Waals surface area contributed by atoms with Crippen molar-refractivity contribution in [2.75, 3.05) is 0 Å². The summed E-state index contributed by atoms with van der Waals surface area (Å²) in [5.41, 5.74) is 2.60. The van der Waals surface area contributed by atoms with Crippen LogP contribution in [-0.2, 0) is 6.42 Å². The van der Waals surface area contributed by atoms with Crippen LogP contribution >= 0.6 is 0 Å². The smallest absolute Gasteiger partial charge is 0.188 e. The number of hydrogen-bond acceptors (Lipinski definition) is 1. The topological polar surface area (TPSA) is 17.1 Å². The molecule has 0 saturated heterocycles. The lowest BCUT2D eigenvalue weighted by atomic mass is 9.99. The quantitative estimate of drug-likeness (QED) is 0.538. The minimum absolute atomic E-state index is 0.0334. The number of rotatable bonds is 4. The highest BCUT2D eigenvalue weighted by Crippen LogP contribution is 2.12. The molecule has 0 aliphatic heterocycles. The van der Waals surface area contributed by atoms with Crippen LogP contribution < -0.4 is 0 Å². The SMILES string of the molecule is C=C(C)C(=O)c1ccc(CC(C)C)cc1. The van der Waals surface area contributed by atoms with Crippen molar-refractivity contribution in [3.63, 3.8) is 0 Å². The number of allylic oxidation sites excluding steroid dienone is 1. The van der Waals surface area contributed by atoms with Gasteiger partial charge in [-0.1, -0.05) is 44.7 Å². The lowest BCUT2D eigenvalue weighted by molar-refractivity contribution is 0.103. The van der Waals surface area contributed by atoms with Crippen LogP contribution in [0, 0.1) is 5.92 Å². The van der Waals surface area contributed by atoms with Gasteiger partial charge in [0.1, 0.15) is 0 Å². The molecule has 0 atom stereocenters. The van der Waals surface area contributed by atoms with Crippen LogP contribution in [0.2, 0.25) is 0 Å². The lowest BCUT2D eigenvalue weighted by Crippen LogP contribution is -2.00. The number of Topliss-reactive ketones (excluding diaryl/α,β-unsaturated/α-hetero) is 1. The number of benzene rings is 1. The maximum Gasteiger partial charge on any atom is 0.188 e. The van der Waals surface area contributed by atoms with Crippen molar-refractivity contribution in [2.24, 2.45) is 5.92 Å². The molecule has 1 aromatic rings. The number of carbonyl (C=O) groups excluding carboxylic acids is 1. The van der Waals surface area contributed by atoms with E-state index in [4.69, 9.17) is 0 Å². The fraction of sp³-hybridized carbons (Fsp3) is 0.357. The molecule has 0 aliphatic rings. The van der Waals surface area contributed by atoms with Gasteiger partial charge in [-0.3, -0.25) is 4.79 Å². The summed E-state index contributed by atoms with van der Waals surface area (Å²) in [4.78, 5) is 11.6. The Labute approximate surface area is 91.8 Å². The third-order valence-electron chi connectivity index (χ3n) is 2.25. The highest BCUT2D eigenvalue weighted by Gasteiger charge is 2.06. The van der Waals surface area contributed by atoms with Crippen LogP contribution in [0.3, 0.4) is 0 Å². The molecular formula is C14H18O. The van der Waals surface area contributed by atoms with Crippen molar-refractivity contribution in [1.29, 1.82) is 0 Å². The van der Waals surface area contributed by atoms with E-state index in [1.54, 1.807) is 6.92 Å². The van der Waals surface area contributed by atoms with E-state index in [1.807, 2.05) is 24.3 Å². The molecule has 0 unspecified atom stereocenters. The fourth-order valence-electron chi connectivity index (χ4n) is 1.51. The molecule has 1 heteroatoms. The molecular weight excluding hydrogens is 184 g/mol. The molecule has 0 fully saturated rings. The van der Waals surface area contributed by atoms with E-state index in [2.05, 4.69) is 20.4 Å². The van der Waals surface area contributed by atoms with E-state index in [1.165, 1.54) is 5.56 Å². The molecule has 0 saturated carbocycles. The van der Waals surface area contributed by atoms with Crippen molar-refractivity contribution in [3.05, 3.63) is 47.5 Å². The van der Waals surface area contributed by atoms with Gasteiger partial charge in [0, 0.05) is 5.56 Å². The van der Waals surface area contributed by atoms with E-state index in [0.29, 0.717) is 11.5 Å². The van der Waals surface area contributed by atoms with E-state index < -0.39 is 0 Å². The first kappa shape index (κ1) is 11.7. The van der Waals surface area contributed by atoms with Gasteiger partial charge < -0.3 is 0 Å². The number of ketones is 1. The Hall–Kier alpha value is -1.37. The second kappa shape index (κ2) is 4.92. The third-order valence-corrected chi connectivity index (χ3v) is 2.25. The van der Waals surface area contributed by atoms with Crippen molar-refractivity contribution in [3.8, 4) is 0 Å². The summed E-state index contributed by atoms with van der Waals surface area (Å²) in [5.74, 6) is 0.679. The largest absolute Gasteiger partial charge is 0.289 e. The van der Waals surface area contributed by atoms with Gasteiger partial charge in [0.05, 0.1) is 0 Å². The molecule has 0 radical (unpaired) electrons. The predicted molar refractivity (Wildman–Crippen MR) is 64.1 cm³/mol. The summed E-state index contributed by atoms with van der Waals surface area (Å²) in [6.07, 6.45) is 1.06. The van der Waals surface area contributed by atoms with E-state index in [0.717, 1.165) is 12.0 Å². The van der Waals surface area contributed by atoms with Gasteiger partial charge in [0.15, 0.2) is 5.78 Å². The maximum atomic E-state index is 11.6. The Morgan fingerprint density at radius 3 is 2.20 bits per heavy atom. The Morgan fingerprint density at radius 1 is 1.27 bits per heavy atom. The first-order valence-electron chi connectivity index (χ1n) is 5.30. The van der Waals surface area contributed by atoms with Gasteiger partial charge in [-0.25, -0.2) is 0 Å². The predicted octanol–water partition coefficient (Wildman–Crippen LogP) is 3.64. The molecule has 0 N–H and O–H groups in total. The van der Waals surface area contributed by atoms with Gasteiger partial charge in [0.25, 0.3) is 0 Å². The van der Waals surface area contributed by atoms with Gasteiger partial charge in [-0.2, -0.15) is 0 Å². The Morgan fingerprint density at radius 2 is 1.80 bits per heavy atom. The standard InChI is InChI=1S/C14H18O/c1-10(2)9-12-5-7-13(8-6-12)14(15)11(3)4/h5-8,10H,3,9H2,1-2,4H3. The van der Waals surface area contributed by atoms with Crippen LogP contribution in [0.1, 0.15) is 36.7 Å². The molecule has 0 heterocycles. The molecule has 0 aromatic heterocycles. The van der Waals surface area contributed by atoms with Gasteiger partial charge in [0.2, 0.25) is 0 Å². The molecule has 0 bridgehead atoms. The average Bonchev–Trinajstić information content (AvgIpc) is 2.17. The highest BCUT2D eigenvalue weighted by atomic mass is 16.1. The molecule has 1 nitrogen and oxygen atoms in total. The van der Waals surface area contributed by atoms with E-state index in [-0.39, 0.29) is 5.78 Å². The normalized spacial score (nSPS) is 10.4. The van der Waals surface area contributed by atoms with Crippen molar-refractivity contribution in [2.45, 2.75) is 27.2 Å². The van der Waals surface area contributed by atoms with Crippen molar-refractivity contribution >= 4 is 5.78 Å². The summed E-state index contributed by atoms with van der Waals surface area (Å²) < 4.78 is 0. The van der Waals surface area contributed by atoms with Crippen LogP contribution in [0.25, 0.3) is 0 Å². The molecule has 0 aliphatic carbocycles. The molecule has 80 valence electrons. The summed E-state index contributed by atoms with van der Waals surface area (Å²) in [5, 5.41) is 0. The zero-order valence-corrected chi connectivity index (χ0v) is 9.71. The van der Waals surface area contributed by atoms with Crippen molar-refractivity contribution < 1.29 is 4.79 Å². The maximum absolute atomic E-state index is 11.6. The van der Waals surface area contributed by atoms with Crippen LogP contribution in [0.4, 0.5) is 0 Å². The second-order valence-electron chi connectivity index (χ2n) is 4.40. The molecule has 1 rings (SSSR count). The van der Waals surface area contributed by atoms with Gasteiger partial charge >= 0.3 is 0 Å². The minimum Gasteiger partial charge on any atom is -0.289 e. The van der Waals surface area contributed by atoms with E-state index >= 15 is 0 Å². The summed E-state index contributed by atoms with van der Waals surface area (Å²) >= 11 is 0. The fourth-order valence-corrected chi connectivity index (χ4v) is 1.51. The zero-order chi connectivity index (χ0) is 11.4. The average molecular weight is 202 g/mol. The van der Waals surface area contributed by atoms with Crippen LogP contribution in [-0.4, -0.2) is 5.78 Å². The van der Waals surface area contributed by atoms with Crippen LogP contribution in [0.5, 0.6) is 0 Å². The number of hydrogen-bond donors (Lipinski definition) is 0. The van der Waals surface area contributed by atoms with Crippen LogP contribution in [0.15, 0.2) is 36.4 Å². The number of carbonyl (C=O) groups is 1. The van der Waals surface area contributed by atoms with E-state index in [9.17, 15) is 4.79 Å². The Balaban J connectivity index is 2.81. The van der Waals surface area contributed by atoms with Crippen molar-refractivity contribution in [1.82, 2.24) is 0 Å². The summed E-state index contributed by atoms with van der Waals surface area (Å²) in [6, 6.07) is 7.82. The molecule has 0 amide bonds. The highest BCUT2D eigenvalue weighted by molar-refractivity contribution is 6.07. The third kappa shape index (κ3) is 3.35. The molecule has 0 spiro atoms. The minimum atomic E-state index is 0.0334. The molecule has 1 aromatic carbocycles. The molecule has 15 heavy (non-hydrogen) atoms. The van der Waals surface area contributed by atoms with Gasteiger partial charge in [-0.15, -0.1) is 0 Å².